The molecule has 1 heterocycles. The maximum Gasteiger partial charge on any atom is 0.255 e. The van der Waals surface area contributed by atoms with Crippen molar-refractivity contribution in [2.24, 2.45) is 5.73 Å². The number of nitrogens with one attached hydrogen (secondary N) is 1. The molecule has 3 N–H and O–H groups in total. The van der Waals surface area contributed by atoms with Crippen LogP contribution in [0, 0.1) is 6.92 Å². The molecular formula is C21H22N4O2. The summed E-state index contributed by atoms with van der Waals surface area (Å²) in [6, 6.07) is 14.9. The highest BCUT2D eigenvalue weighted by atomic mass is 16.2. The van der Waals surface area contributed by atoms with Gasteiger partial charge in [-0.25, -0.2) is 4.68 Å². The number of hydrogen-bond donors (Lipinski definition) is 2. The maximum absolute atomic E-state index is 12.7. The molecular weight excluding hydrogens is 340 g/mol. The van der Waals surface area contributed by atoms with Gasteiger partial charge in [-0.3, -0.25) is 9.59 Å². The maximum atomic E-state index is 12.7. The molecule has 0 fully saturated rings. The van der Waals surface area contributed by atoms with E-state index in [4.69, 9.17) is 5.73 Å². The number of carbonyl (C=O) groups excluding carboxylic acids is 2. The number of rotatable bonds is 6. The Morgan fingerprint density at radius 3 is 2.56 bits per heavy atom. The van der Waals surface area contributed by atoms with Gasteiger partial charge in [0.05, 0.1) is 23.1 Å². The van der Waals surface area contributed by atoms with Crippen molar-refractivity contribution in [3.8, 4) is 5.69 Å². The van der Waals surface area contributed by atoms with Crippen LogP contribution in [0.3, 0.4) is 0 Å². The Morgan fingerprint density at radius 2 is 1.89 bits per heavy atom. The van der Waals surface area contributed by atoms with Crippen molar-refractivity contribution in [1.82, 2.24) is 15.1 Å². The highest BCUT2D eigenvalue weighted by molar-refractivity contribution is 5.95. The predicted molar refractivity (Wildman–Crippen MR) is 104 cm³/mol. The fourth-order valence-electron chi connectivity index (χ4n) is 2.92. The lowest BCUT2D eigenvalue weighted by Gasteiger charge is -2.09. The Balaban J connectivity index is 1.78. The molecule has 0 atom stereocenters. The number of carbonyl (C=O) groups is 2. The van der Waals surface area contributed by atoms with Crippen LogP contribution in [0.25, 0.3) is 5.69 Å². The summed E-state index contributed by atoms with van der Waals surface area (Å²) in [5, 5.41) is 7.28. The zero-order chi connectivity index (χ0) is 19.4. The average Bonchev–Trinajstić information content (AvgIpc) is 3.11. The van der Waals surface area contributed by atoms with E-state index in [-0.39, 0.29) is 5.91 Å². The minimum atomic E-state index is -0.490. The van der Waals surface area contributed by atoms with Crippen LogP contribution in [0.1, 0.15) is 44.5 Å². The molecule has 0 saturated heterocycles. The molecule has 138 valence electrons. The molecule has 0 unspecified atom stereocenters. The molecule has 2 aromatic carbocycles. The highest BCUT2D eigenvalue weighted by Crippen LogP contribution is 2.17. The van der Waals surface area contributed by atoms with Gasteiger partial charge in [-0.1, -0.05) is 36.8 Å². The first-order valence-electron chi connectivity index (χ1n) is 8.80. The summed E-state index contributed by atoms with van der Waals surface area (Å²) in [5.41, 5.74) is 10.0. The van der Waals surface area contributed by atoms with Gasteiger partial charge in [-0.05, 0) is 43.2 Å². The van der Waals surface area contributed by atoms with Crippen molar-refractivity contribution >= 4 is 11.8 Å². The van der Waals surface area contributed by atoms with E-state index in [1.54, 1.807) is 29.1 Å². The van der Waals surface area contributed by atoms with Crippen molar-refractivity contribution in [1.29, 1.82) is 0 Å². The third-order valence-corrected chi connectivity index (χ3v) is 4.39. The lowest BCUT2D eigenvalue weighted by molar-refractivity contribution is 0.0949. The molecule has 0 saturated carbocycles. The van der Waals surface area contributed by atoms with Gasteiger partial charge in [0.15, 0.2) is 0 Å². The van der Waals surface area contributed by atoms with E-state index in [1.165, 1.54) is 5.56 Å². The van der Waals surface area contributed by atoms with Crippen LogP contribution in [0.2, 0.25) is 0 Å². The molecule has 0 aliphatic heterocycles. The van der Waals surface area contributed by atoms with Gasteiger partial charge in [0.2, 0.25) is 5.91 Å². The molecule has 6 nitrogen and oxygen atoms in total. The molecule has 6 heteroatoms. The van der Waals surface area contributed by atoms with E-state index < -0.39 is 5.91 Å². The molecule has 1 aromatic heterocycles. The van der Waals surface area contributed by atoms with Crippen LogP contribution in [0.15, 0.2) is 54.7 Å². The molecule has 0 aliphatic carbocycles. The van der Waals surface area contributed by atoms with Crippen LogP contribution < -0.4 is 11.1 Å². The van der Waals surface area contributed by atoms with Crippen LogP contribution in [0.5, 0.6) is 0 Å². The Morgan fingerprint density at radius 1 is 1.15 bits per heavy atom. The van der Waals surface area contributed by atoms with E-state index in [1.807, 2.05) is 44.2 Å². The zero-order valence-corrected chi connectivity index (χ0v) is 15.4. The first kappa shape index (κ1) is 18.4. The topological polar surface area (TPSA) is 90.0 Å². The van der Waals surface area contributed by atoms with Crippen molar-refractivity contribution in [2.45, 2.75) is 26.8 Å². The second kappa shape index (κ2) is 7.86. The first-order valence-corrected chi connectivity index (χ1v) is 8.80. The largest absolute Gasteiger partial charge is 0.366 e. The SMILES string of the molecule is CCc1c(C(=O)NCc2cccc(C(N)=O)c2)cnn1-c1ccc(C)cc1. The third kappa shape index (κ3) is 4.06. The number of nitrogens with two attached hydrogens (primary N) is 1. The van der Waals surface area contributed by atoms with Gasteiger partial charge in [0, 0.05) is 12.1 Å². The van der Waals surface area contributed by atoms with Gasteiger partial charge >= 0.3 is 0 Å². The van der Waals surface area contributed by atoms with Gasteiger partial charge in [-0.2, -0.15) is 5.10 Å². The summed E-state index contributed by atoms with van der Waals surface area (Å²) in [6.07, 6.45) is 2.27. The minimum absolute atomic E-state index is 0.199. The number of nitrogens with zero attached hydrogens (tertiary/aromatic N) is 2. The Labute approximate surface area is 158 Å². The lowest BCUT2D eigenvalue weighted by Crippen LogP contribution is -2.24. The van der Waals surface area contributed by atoms with Gasteiger partial charge in [0.25, 0.3) is 5.91 Å². The average molecular weight is 362 g/mol. The van der Waals surface area contributed by atoms with Crippen molar-refractivity contribution in [2.75, 3.05) is 0 Å². The molecule has 27 heavy (non-hydrogen) atoms. The van der Waals surface area contributed by atoms with Crippen molar-refractivity contribution in [3.05, 3.63) is 82.7 Å². The second-order valence-electron chi connectivity index (χ2n) is 6.35. The molecule has 3 rings (SSSR count). The fourth-order valence-corrected chi connectivity index (χ4v) is 2.92. The molecule has 3 aromatic rings. The standard InChI is InChI=1S/C21H22N4O2/c1-3-19-18(13-24-25(19)17-9-7-14(2)8-10-17)21(27)23-12-15-5-4-6-16(11-15)20(22)26/h4-11,13H,3,12H2,1-2H3,(H2,22,26)(H,23,27). The Bertz CT molecular complexity index is 974. The monoisotopic (exact) mass is 362 g/mol. The number of benzene rings is 2. The van der Waals surface area contributed by atoms with Gasteiger partial charge in [0.1, 0.15) is 0 Å². The normalized spacial score (nSPS) is 10.6. The van der Waals surface area contributed by atoms with E-state index in [9.17, 15) is 9.59 Å². The number of hydrogen-bond acceptors (Lipinski definition) is 3. The molecule has 0 radical (unpaired) electrons. The first-order chi connectivity index (χ1) is 13.0. The summed E-state index contributed by atoms with van der Waals surface area (Å²) >= 11 is 0. The summed E-state index contributed by atoms with van der Waals surface area (Å²) < 4.78 is 1.79. The number of amides is 2. The van der Waals surface area contributed by atoms with E-state index in [0.29, 0.717) is 24.1 Å². The van der Waals surface area contributed by atoms with Crippen LogP contribution in [0.4, 0.5) is 0 Å². The highest BCUT2D eigenvalue weighted by Gasteiger charge is 2.17. The molecule has 2 amide bonds. The lowest BCUT2D eigenvalue weighted by atomic mass is 10.1. The number of aryl methyl sites for hydroxylation is 1. The molecule has 0 aliphatic rings. The Hall–Kier alpha value is -3.41. The summed E-state index contributed by atoms with van der Waals surface area (Å²) in [6.45, 7) is 4.33. The number of aromatic nitrogens is 2. The van der Waals surface area contributed by atoms with E-state index in [2.05, 4.69) is 10.4 Å². The van der Waals surface area contributed by atoms with Crippen LogP contribution in [-0.2, 0) is 13.0 Å². The van der Waals surface area contributed by atoms with E-state index in [0.717, 1.165) is 16.9 Å². The second-order valence-corrected chi connectivity index (χ2v) is 6.35. The summed E-state index contributed by atoms with van der Waals surface area (Å²) in [5.74, 6) is -0.689. The van der Waals surface area contributed by atoms with Crippen LogP contribution >= 0.6 is 0 Å². The Kier molecular flexibility index (Phi) is 5.35. The van der Waals surface area contributed by atoms with Gasteiger partial charge < -0.3 is 11.1 Å². The van der Waals surface area contributed by atoms with Gasteiger partial charge in [-0.15, -0.1) is 0 Å². The van der Waals surface area contributed by atoms with Crippen LogP contribution in [-0.4, -0.2) is 21.6 Å². The minimum Gasteiger partial charge on any atom is -0.366 e. The summed E-state index contributed by atoms with van der Waals surface area (Å²) in [4.78, 5) is 23.9. The molecule has 0 bridgehead atoms. The quantitative estimate of drug-likeness (QED) is 0.706. The summed E-state index contributed by atoms with van der Waals surface area (Å²) in [7, 11) is 0. The zero-order valence-electron chi connectivity index (χ0n) is 15.4. The number of primary amides is 1. The van der Waals surface area contributed by atoms with Crippen molar-refractivity contribution < 1.29 is 9.59 Å². The van der Waals surface area contributed by atoms with E-state index >= 15 is 0 Å². The fraction of sp³-hybridized carbons (Fsp3) is 0.190. The van der Waals surface area contributed by atoms with Crippen molar-refractivity contribution in [3.63, 3.8) is 0 Å². The smallest absolute Gasteiger partial charge is 0.255 e. The third-order valence-electron chi connectivity index (χ3n) is 4.39. The molecule has 0 spiro atoms. The predicted octanol–water partition coefficient (Wildman–Crippen LogP) is 2.77.